The Kier molecular flexibility index (Phi) is 8.35. The molecule has 20 heavy (non-hydrogen) atoms. The first-order valence-electron chi connectivity index (χ1n) is 6.68. The van der Waals surface area contributed by atoms with E-state index in [0.717, 1.165) is 0 Å². The third-order valence-electron chi connectivity index (χ3n) is 2.63. The molecule has 0 unspecified atom stereocenters. The van der Waals surface area contributed by atoms with Crippen LogP contribution in [0.3, 0.4) is 0 Å². The maximum Gasteiger partial charge on any atom is 0.319 e. The van der Waals surface area contributed by atoms with Crippen LogP contribution in [0, 0.1) is 5.92 Å². The predicted octanol–water partition coefficient (Wildman–Crippen LogP) is 0.607. The molecule has 7 nitrogen and oxygen atoms in total. The Balaban J connectivity index is 4.06. The first-order chi connectivity index (χ1) is 9.23. The number of carboxylic acid groups (broad SMARTS) is 1. The van der Waals surface area contributed by atoms with Gasteiger partial charge in [0.1, 0.15) is 6.54 Å². The highest BCUT2D eigenvalue weighted by Gasteiger charge is 2.16. The van der Waals surface area contributed by atoms with E-state index in [2.05, 4.69) is 5.32 Å². The van der Waals surface area contributed by atoms with Crippen molar-refractivity contribution in [2.45, 2.75) is 26.7 Å². The molecule has 0 saturated carbocycles. The SMILES string of the molecule is CC(C)CNC(=O)CN(C)C(=O)N(C)CCCC(=O)O. The first-order valence-corrected chi connectivity index (χ1v) is 6.68. The van der Waals surface area contributed by atoms with Gasteiger partial charge in [0.25, 0.3) is 0 Å². The van der Waals surface area contributed by atoms with E-state index >= 15 is 0 Å². The van der Waals surface area contributed by atoms with Crippen LogP contribution in [-0.2, 0) is 9.59 Å². The lowest BCUT2D eigenvalue weighted by atomic mass is 10.2. The molecule has 0 atom stereocenters. The van der Waals surface area contributed by atoms with E-state index in [0.29, 0.717) is 25.4 Å². The van der Waals surface area contributed by atoms with Crippen LogP contribution in [0.2, 0.25) is 0 Å². The molecule has 0 rings (SSSR count). The summed E-state index contributed by atoms with van der Waals surface area (Å²) >= 11 is 0. The highest BCUT2D eigenvalue weighted by atomic mass is 16.4. The summed E-state index contributed by atoms with van der Waals surface area (Å²) in [5, 5.41) is 11.3. The number of nitrogens with one attached hydrogen (secondary N) is 1. The Morgan fingerprint density at radius 1 is 1.15 bits per heavy atom. The van der Waals surface area contributed by atoms with Crippen LogP contribution in [0.1, 0.15) is 26.7 Å². The van der Waals surface area contributed by atoms with Gasteiger partial charge in [-0.3, -0.25) is 9.59 Å². The summed E-state index contributed by atoms with van der Waals surface area (Å²) in [5.74, 6) is -0.723. The molecule has 0 aromatic heterocycles. The van der Waals surface area contributed by atoms with Gasteiger partial charge >= 0.3 is 12.0 Å². The van der Waals surface area contributed by atoms with E-state index in [1.807, 2.05) is 13.8 Å². The van der Waals surface area contributed by atoms with E-state index < -0.39 is 5.97 Å². The number of rotatable bonds is 8. The van der Waals surface area contributed by atoms with E-state index in [-0.39, 0.29) is 24.9 Å². The molecule has 0 aliphatic carbocycles. The lowest BCUT2D eigenvalue weighted by molar-refractivity contribution is -0.137. The number of nitrogens with zero attached hydrogens (tertiary/aromatic N) is 2. The van der Waals surface area contributed by atoms with Crippen molar-refractivity contribution in [1.82, 2.24) is 15.1 Å². The second-order valence-electron chi connectivity index (χ2n) is 5.26. The standard InChI is InChI=1S/C13H25N3O4/c1-10(2)8-14-11(17)9-16(4)13(20)15(3)7-5-6-12(18)19/h10H,5-9H2,1-4H3,(H,14,17)(H,18,19). The van der Waals surface area contributed by atoms with Crippen LogP contribution < -0.4 is 5.32 Å². The highest BCUT2D eigenvalue weighted by molar-refractivity contribution is 5.83. The number of aliphatic carboxylic acids is 1. The maximum atomic E-state index is 11.9. The number of urea groups is 1. The molecule has 0 radical (unpaired) electrons. The Labute approximate surface area is 119 Å². The third kappa shape index (κ3) is 8.34. The molecule has 0 spiro atoms. The molecule has 7 heteroatoms. The zero-order valence-corrected chi connectivity index (χ0v) is 12.7. The van der Waals surface area contributed by atoms with Gasteiger partial charge in [-0.2, -0.15) is 0 Å². The fourth-order valence-electron chi connectivity index (χ4n) is 1.51. The highest BCUT2D eigenvalue weighted by Crippen LogP contribution is 1.98. The van der Waals surface area contributed by atoms with E-state index in [4.69, 9.17) is 5.11 Å². The molecule has 116 valence electrons. The van der Waals surface area contributed by atoms with Gasteiger partial charge in [0.05, 0.1) is 0 Å². The summed E-state index contributed by atoms with van der Waals surface area (Å²) in [6.45, 7) is 4.91. The average molecular weight is 287 g/mol. The van der Waals surface area contributed by atoms with Gasteiger partial charge in [-0.15, -0.1) is 0 Å². The number of amides is 3. The zero-order valence-electron chi connectivity index (χ0n) is 12.7. The number of carboxylic acids is 1. The van der Waals surface area contributed by atoms with Gasteiger partial charge in [0.2, 0.25) is 5.91 Å². The molecular formula is C13H25N3O4. The van der Waals surface area contributed by atoms with Gasteiger partial charge in [-0.25, -0.2) is 4.79 Å². The fraction of sp³-hybridized carbons (Fsp3) is 0.769. The number of carbonyl (C=O) groups excluding carboxylic acids is 2. The lowest BCUT2D eigenvalue weighted by Gasteiger charge is -2.24. The Morgan fingerprint density at radius 2 is 1.75 bits per heavy atom. The summed E-state index contributed by atoms with van der Waals surface area (Å²) < 4.78 is 0. The van der Waals surface area contributed by atoms with Gasteiger partial charge in [-0.1, -0.05) is 13.8 Å². The van der Waals surface area contributed by atoms with Crippen LogP contribution in [0.4, 0.5) is 4.79 Å². The number of likely N-dealkylation sites (N-methyl/N-ethyl adjacent to an activating group) is 1. The lowest BCUT2D eigenvalue weighted by Crippen LogP contribution is -2.44. The number of hydrogen-bond acceptors (Lipinski definition) is 3. The molecule has 0 aromatic carbocycles. The summed E-state index contributed by atoms with van der Waals surface area (Å²) in [7, 11) is 3.14. The monoisotopic (exact) mass is 287 g/mol. The molecule has 2 N–H and O–H groups in total. The van der Waals surface area contributed by atoms with Gasteiger partial charge in [-0.05, 0) is 12.3 Å². The second-order valence-corrected chi connectivity index (χ2v) is 5.26. The summed E-state index contributed by atoms with van der Waals surface area (Å²) in [4.78, 5) is 36.6. The van der Waals surface area contributed by atoms with Gasteiger partial charge < -0.3 is 20.2 Å². The van der Waals surface area contributed by atoms with Gasteiger partial charge in [0, 0.05) is 33.6 Å². The minimum absolute atomic E-state index is 0.00514. The van der Waals surface area contributed by atoms with Crippen molar-refractivity contribution < 1.29 is 19.5 Å². The first kappa shape index (κ1) is 18.2. The minimum atomic E-state index is -0.882. The average Bonchev–Trinajstić information content (AvgIpc) is 2.34. The molecule has 0 aliphatic heterocycles. The third-order valence-corrected chi connectivity index (χ3v) is 2.63. The van der Waals surface area contributed by atoms with Crippen molar-refractivity contribution in [3.05, 3.63) is 0 Å². The molecule has 0 fully saturated rings. The number of carbonyl (C=O) groups is 3. The summed E-state index contributed by atoms with van der Waals surface area (Å²) in [6.07, 6.45) is 0.418. The topological polar surface area (TPSA) is 90.0 Å². The maximum absolute atomic E-state index is 11.9. The molecule has 0 heterocycles. The second kappa shape index (κ2) is 9.17. The Hall–Kier alpha value is -1.79. The Morgan fingerprint density at radius 3 is 2.25 bits per heavy atom. The van der Waals surface area contributed by atoms with Gasteiger partial charge in [0.15, 0.2) is 0 Å². The van der Waals surface area contributed by atoms with E-state index in [9.17, 15) is 14.4 Å². The number of hydrogen-bond donors (Lipinski definition) is 2. The normalized spacial score (nSPS) is 10.2. The molecule has 0 saturated heterocycles. The van der Waals surface area contributed by atoms with Crippen molar-refractivity contribution in [3.8, 4) is 0 Å². The summed E-state index contributed by atoms with van der Waals surface area (Å²) in [6, 6.07) is -0.296. The molecule has 0 aliphatic rings. The molecule has 0 bridgehead atoms. The van der Waals surface area contributed by atoms with E-state index in [1.54, 1.807) is 14.1 Å². The van der Waals surface area contributed by atoms with Crippen LogP contribution in [0.15, 0.2) is 0 Å². The largest absolute Gasteiger partial charge is 0.481 e. The van der Waals surface area contributed by atoms with Crippen LogP contribution in [0.25, 0.3) is 0 Å². The van der Waals surface area contributed by atoms with Crippen molar-refractivity contribution in [2.75, 3.05) is 33.7 Å². The van der Waals surface area contributed by atoms with Crippen LogP contribution in [-0.4, -0.2) is 66.5 Å². The predicted molar refractivity (Wildman–Crippen MR) is 75.4 cm³/mol. The Bertz CT molecular complexity index is 345. The molecule has 0 aromatic rings. The van der Waals surface area contributed by atoms with E-state index in [1.165, 1.54) is 9.80 Å². The zero-order chi connectivity index (χ0) is 15.7. The fourth-order valence-corrected chi connectivity index (χ4v) is 1.51. The van der Waals surface area contributed by atoms with Crippen LogP contribution in [0.5, 0.6) is 0 Å². The quantitative estimate of drug-likeness (QED) is 0.684. The molecular weight excluding hydrogens is 262 g/mol. The summed E-state index contributed by atoms with van der Waals surface area (Å²) in [5.41, 5.74) is 0. The van der Waals surface area contributed by atoms with Crippen molar-refractivity contribution >= 4 is 17.9 Å². The minimum Gasteiger partial charge on any atom is -0.481 e. The van der Waals surface area contributed by atoms with Crippen molar-refractivity contribution in [1.29, 1.82) is 0 Å². The molecule has 3 amide bonds. The van der Waals surface area contributed by atoms with Crippen molar-refractivity contribution in [3.63, 3.8) is 0 Å². The van der Waals surface area contributed by atoms with Crippen molar-refractivity contribution in [2.24, 2.45) is 5.92 Å². The smallest absolute Gasteiger partial charge is 0.319 e. The van der Waals surface area contributed by atoms with Crippen LogP contribution >= 0.6 is 0 Å².